The van der Waals surface area contributed by atoms with Crippen molar-refractivity contribution in [2.75, 3.05) is 7.11 Å². The van der Waals surface area contributed by atoms with E-state index in [-0.39, 0.29) is 23.7 Å². The molecule has 0 amide bonds. The topological polar surface area (TPSA) is 46.5 Å². The summed E-state index contributed by atoms with van der Waals surface area (Å²) in [4.78, 5) is 11.1. The molecule has 0 bridgehead atoms. The SMILES string of the molecule is C=C[C@H](C)[C@@H](O)[C@@H](C)C[C@@H](C)CC(=O)OC. The predicted octanol–water partition coefficient (Wildman–Crippen LogP) is 2.39. The normalized spacial score (nSPS) is 18.3. The van der Waals surface area contributed by atoms with Gasteiger partial charge < -0.3 is 9.84 Å². The Balaban J connectivity index is 4.07. The third-order valence-corrected chi connectivity index (χ3v) is 3.01. The lowest BCUT2D eigenvalue weighted by molar-refractivity contribution is -0.141. The van der Waals surface area contributed by atoms with E-state index in [1.54, 1.807) is 6.08 Å². The van der Waals surface area contributed by atoms with Gasteiger partial charge in [-0.15, -0.1) is 6.58 Å². The Bertz CT molecular complexity index is 225. The molecule has 3 nitrogen and oxygen atoms in total. The van der Waals surface area contributed by atoms with Gasteiger partial charge in [0.25, 0.3) is 0 Å². The molecule has 0 aliphatic rings. The van der Waals surface area contributed by atoms with E-state index in [0.717, 1.165) is 6.42 Å². The summed E-state index contributed by atoms with van der Waals surface area (Å²) in [5.41, 5.74) is 0. The summed E-state index contributed by atoms with van der Waals surface area (Å²) in [7, 11) is 1.40. The van der Waals surface area contributed by atoms with Crippen molar-refractivity contribution in [1.29, 1.82) is 0 Å². The summed E-state index contributed by atoms with van der Waals surface area (Å²) in [5, 5.41) is 9.94. The van der Waals surface area contributed by atoms with Gasteiger partial charge in [0.05, 0.1) is 13.2 Å². The van der Waals surface area contributed by atoms with Crippen molar-refractivity contribution >= 4 is 5.97 Å². The van der Waals surface area contributed by atoms with Crippen LogP contribution < -0.4 is 0 Å². The number of esters is 1. The monoisotopic (exact) mass is 228 g/mol. The van der Waals surface area contributed by atoms with Crippen LogP contribution in [-0.4, -0.2) is 24.3 Å². The highest BCUT2D eigenvalue weighted by Gasteiger charge is 2.22. The summed E-state index contributed by atoms with van der Waals surface area (Å²) in [6.07, 6.45) is 2.59. The highest BCUT2D eigenvalue weighted by atomic mass is 16.5. The van der Waals surface area contributed by atoms with Gasteiger partial charge in [-0.2, -0.15) is 0 Å². The van der Waals surface area contributed by atoms with Crippen molar-refractivity contribution in [2.45, 2.75) is 39.7 Å². The molecule has 0 fully saturated rings. The number of hydrogen-bond acceptors (Lipinski definition) is 3. The smallest absolute Gasteiger partial charge is 0.305 e. The number of rotatable bonds is 7. The van der Waals surface area contributed by atoms with Gasteiger partial charge in [0.15, 0.2) is 0 Å². The molecule has 4 atom stereocenters. The van der Waals surface area contributed by atoms with E-state index in [1.165, 1.54) is 7.11 Å². The molecule has 0 rings (SSSR count). The first-order valence-corrected chi connectivity index (χ1v) is 5.79. The van der Waals surface area contributed by atoms with Crippen molar-refractivity contribution in [2.24, 2.45) is 17.8 Å². The fraction of sp³-hybridized carbons (Fsp3) is 0.769. The number of aliphatic hydroxyl groups excluding tert-OH is 1. The van der Waals surface area contributed by atoms with Crippen LogP contribution in [-0.2, 0) is 9.53 Å². The van der Waals surface area contributed by atoms with Gasteiger partial charge in [-0.05, 0) is 24.2 Å². The molecule has 0 heterocycles. The highest BCUT2D eigenvalue weighted by molar-refractivity contribution is 5.69. The zero-order chi connectivity index (χ0) is 12.7. The standard InChI is InChI=1S/C13H24O3/c1-6-10(3)13(15)11(4)7-9(2)8-12(14)16-5/h6,9-11,13,15H,1,7-8H2,2-5H3/t9-,10+,11+,13-/m1/s1. The second-order valence-corrected chi connectivity index (χ2v) is 4.68. The van der Waals surface area contributed by atoms with Crippen molar-refractivity contribution < 1.29 is 14.6 Å². The minimum absolute atomic E-state index is 0.0836. The summed E-state index contributed by atoms with van der Waals surface area (Å²) in [6, 6.07) is 0. The molecule has 0 aliphatic heterocycles. The molecule has 16 heavy (non-hydrogen) atoms. The number of carbonyl (C=O) groups is 1. The van der Waals surface area contributed by atoms with Crippen molar-refractivity contribution in [3.05, 3.63) is 12.7 Å². The number of hydrogen-bond donors (Lipinski definition) is 1. The van der Waals surface area contributed by atoms with E-state index in [9.17, 15) is 9.90 Å². The molecule has 0 aromatic heterocycles. The Morgan fingerprint density at radius 2 is 2.00 bits per heavy atom. The Hall–Kier alpha value is -0.830. The average molecular weight is 228 g/mol. The van der Waals surface area contributed by atoms with Crippen molar-refractivity contribution in [3.8, 4) is 0 Å². The van der Waals surface area contributed by atoms with Gasteiger partial charge in [-0.25, -0.2) is 0 Å². The zero-order valence-electron chi connectivity index (χ0n) is 10.8. The van der Waals surface area contributed by atoms with Crippen LogP contribution in [0, 0.1) is 17.8 Å². The maximum Gasteiger partial charge on any atom is 0.305 e. The second kappa shape index (κ2) is 7.44. The molecule has 0 saturated heterocycles. The Morgan fingerprint density at radius 1 is 1.44 bits per heavy atom. The van der Waals surface area contributed by atoms with Crippen LogP contribution in [0.5, 0.6) is 0 Å². The summed E-state index contributed by atoms with van der Waals surface area (Å²) < 4.78 is 4.61. The first-order chi connectivity index (χ1) is 7.42. The molecular formula is C13H24O3. The number of methoxy groups -OCH3 is 1. The predicted molar refractivity (Wildman–Crippen MR) is 64.9 cm³/mol. The van der Waals surface area contributed by atoms with Crippen LogP contribution >= 0.6 is 0 Å². The van der Waals surface area contributed by atoms with E-state index in [0.29, 0.717) is 6.42 Å². The van der Waals surface area contributed by atoms with Gasteiger partial charge in [0.2, 0.25) is 0 Å². The van der Waals surface area contributed by atoms with Crippen molar-refractivity contribution in [3.63, 3.8) is 0 Å². The zero-order valence-corrected chi connectivity index (χ0v) is 10.8. The minimum atomic E-state index is -0.391. The minimum Gasteiger partial charge on any atom is -0.469 e. The number of ether oxygens (including phenoxy) is 1. The van der Waals surface area contributed by atoms with E-state index in [4.69, 9.17) is 0 Å². The van der Waals surface area contributed by atoms with E-state index >= 15 is 0 Å². The second-order valence-electron chi connectivity index (χ2n) is 4.68. The maximum absolute atomic E-state index is 11.1. The lowest BCUT2D eigenvalue weighted by Gasteiger charge is -2.24. The van der Waals surface area contributed by atoms with E-state index in [2.05, 4.69) is 11.3 Å². The largest absolute Gasteiger partial charge is 0.469 e. The molecule has 0 saturated carbocycles. The third-order valence-electron chi connectivity index (χ3n) is 3.01. The van der Waals surface area contributed by atoms with Crippen LogP contribution in [0.1, 0.15) is 33.6 Å². The summed E-state index contributed by atoms with van der Waals surface area (Å²) in [5.74, 6) is 0.285. The molecule has 0 aromatic rings. The molecule has 0 unspecified atom stereocenters. The van der Waals surface area contributed by atoms with Gasteiger partial charge in [0.1, 0.15) is 0 Å². The van der Waals surface area contributed by atoms with Crippen molar-refractivity contribution in [1.82, 2.24) is 0 Å². The van der Waals surface area contributed by atoms with Crippen LogP contribution in [0.4, 0.5) is 0 Å². The van der Waals surface area contributed by atoms with Gasteiger partial charge in [0, 0.05) is 6.42 Å². The third kappa shape index (κ3) is 5.31. The Morgan fingerprint density at radius 3 is 2.44 bits per heavy atom. The molecule has 1 N–H and O–H groups in total. The molecule has 94 valence electrons. The number of carbonyl (C=O) groups excluding carboxylic acids is 1. The average Bonchev–Trinajstić information content (AvgIpc) is 2.26. The molecule has 0 spiro atoms. The van der Waals surface area contributed by atoms with Gasteiger partial charge in [-0.3, -0.25) is 4.79 Å². The molecule has 0 aliphatic carbocycles. The summed E-state index contributed by atoms with van der Waals surface area (Å²) >= 11 is 0. The molecule has 0 aromatic carbocycles. The highest BCUT2D eigenvalue weighted by Crippen LogP contribution is 2.22. The maximum atomic E-state index is 11.1. The van der Waals surface area contributed by atoms with Crippen LogP contribution in [0.15, 0.2) is 12.7 Å². The van der Waals surface area contributed by atoms with E-state index in [1.807, 2.05) is 20.8 Å². The van der Waals surface area contributed by atoms with Gasteiger partial charge >= 0.3 is 5.97 Å². The number of aliphatic hydroxyl groups is 1. The Labute approximate surface area is 98.5 Å². The lowest BCUT2D eigenvalue weighted by atomic mass is 9.86. The van der Waals surface area contributed by atoms with Gasteiger partial charge in [-0.1, -0.05) is 26.8 Å². The fourth-order valence-corrected chi connectivity index (χ4v) is 1.88. The first kappa shape index (κ1) is 15.2. The molecular weight excluding hydrogens is 204 g/mol. The lowest BCUT2D eigenvalue weighted by Crippen LogP contribution is -2.26. The molecule has 3 heteroatoms. The Kier molecular flexibility index (Phi) is 7.06. The summed E-state index contributed by atoms with van der Waals surface area (Å²) in [6.45, 7) is 9.61. The fourth-order valence-electron chi connectivity index (χ4n) is 1.88. The molecule has 0 radical (unpaired) electrons. The van der Waals surface area contributed by atoms with Crippen LogP contribution in [0.25, 0.3) is 0 Å². The van der Waals surface area contributed by atoms with Crippen LogP contribution in [0.3, 0.4) is 0 Å². The first-order valence-electron chi connectivity index (χ1n) is 5.79. The quantitative estimate of drug-likeness (QED) is 0.537. The van der Waals surface area contributed by atoms with E-state index < -0.39 is 6.10 Å². The van der Waals surface area contributed by atoms with Crippen LogP contribution in [0.2, 0.25) is 0 Å².